The van der Waals surface area contributed by atoms with Crippen LogP contribution < -0.4 is 0 Å². The van der Waals surface area contributed by atoms with E-state index in [0.29, 0.717) is 31.0 Å². The van der Waals surface area contributed by atoms with Crippen molar-refractivity contribution in [3.8, 4) is 5.82 Å². The maximum absolute atomic E-state index is 11.2. The second-order valence-electron chi connectivity index (χ2n) is 4.56. The number of carbonyl (C=O) groups is 1. The molecule has 100 valence electrons. The summed E-state index contributed by atoms with van der Waals surface area (Å²) in [4.78, 5) is 11.2. The molecule has 7 heteroatoms. The molecule has 0 saturated carbocycles. The van der Waals surface area contributed by atoms with Crippen molar-refractivity contribution < 1.29 is 14.6 Å². The van der Waals surface area contributed by atoms with Gasteiger partial charge in [-0.2, -0.15) is 10.2 Å². The smallest absolute Gasteiger partial charge is 0.356 e. The van der Waals surface area contributed by atoms with Crippen LogP contribution in [0.5, 0.6) is 0 Å². The second kappa shape index (κ2) is 4.20. The van der Waals surface area contributed by atoms with Crippen molar-refractivity contribution in [2.75, 3.05) is 6.61 Å². The minimum absolute atomic E-state index is 0.0537. The van der Waals surface area contributed by atoms with Gasteiger partial charge in [-0.1, -0.05) is 0 Å². The highest BCUT2D eigenvalue weighted by Gasteiger charge is 2.26. The Morgan fingerprint density at radius 1 is 1.47 bits per heavy atom. The molecule has 1 aliphatic rings. The summed E-state index contributed by atoms with van der Waals surface area (Å²) in [5, 5.41) is 17.7. The molecular weight excluding hydrogens is 248 g/mol. The molecule has 0 spiro atoms. The van der Waals surface area contributed by atoms with Crippen molar-refractivity contribution in [3.05, 3.63) is 28.7 Å². The van der Waals surface area contributed by atoms with Gasteiger partial charge >= 0.3 is 5.97 Å². The van der Waals surface area contributed by atoms with Crippen molar-refractivity contribution in [2.45, 2.75) is 20.0 Å². The fourth-order valence-electron chi connectivity index (χ4n) is 2.24. The monoisotopic (exact) mass is 262 g/mol. The number of carboxylic acids is 1. The number of aryl methyl sites for hydroxylation is 2. The van der Waals surface area contributed by atoms with E-state index < -0.39 is 5.97 Å². The number of nitrogens with zero attached hydrogens (tertiary/aromatic N) is 4. The van der Waals surface area contributed by atoms with Gasteiger partial charge in [0.15, 0.2) is 11.5 Å². The third-order valence-electron chi connectivity index (χ3n) is 3.34. The van der Waals surface area contributed by atoms with Gasteiger partial charge in [-0.25, -0.2) is 9.48 Å². The van der Waals surface area contributed by atoms with E-state index in [4.69, 9.17) is 4.74 Å². The standard InChI is InChI=1S/C12H14N4O3/c1-7-5-10(13-15(7)2)16-9-3-4-19-6-8(9)11(14-16)12(17)18/h5H,3-4,6H2,1-2H3,(H,17,18). The Bertz CT molecular complexity index is 637. The normalized spacial score (nSPS) is 14.4. The highest BCUT2D eigenvalue weighted by atomic mass is 16.5. The van der Waals surface area contributed by atoms with E-state index in [0.717, 1.165) is 11.4 Å². The molecule has 7 nitrogen and oxygen atoms in total. The van der Waals surface area contributed by atoms with Crippen LogP contribution in [-0.2, 0) is 24.8 Å². The fourth-order valence-corrected chi connectivity index (χ4v) is 2.24. The summed E-state index contributed by atoms with van der Waals surface area (Å²) >= 11 is 0. The lowest BCUT2D eigenvalue weighted by Gasteiger charge is -2.13. The third kappa shape index (κ3) is 1.82. The first-order chi connectivity index (χ1) is 9.08. The summed E-state index contributed by atoms with van der Waals surface area (Å²) in [6.07, 6.45) is 0.644. The van der Waals surface area contributed by atoms with Gasteiger partial charge in [0.1, 0.15) is 0 Å². The second-order valence-corrected chi connectivity index (χ2v) is 4.56. The first-order valence-corrected chi connectivity index (χ1v) is 6.00. The number of rotatable bonds is 2. The maximum Gasteiger partial charge on any atom is 0.356 e. The van der Waals surface area contributed by atoms with Crippen molar-refractivity contribution in [1.82, 2.24) is 19.6 Å². The molecule has 0 saturated heterocycles. The van der Waals surface area contributed by atoms with Gasteiger partial charge in [0.2, 0.25) is 0 Å². The maximum atomic E-state index is 11.2. The summed E-state index contributed by atoms with van der Waals surface area (Å²) in [5.74, 6) is -0.390. The molecule has 2 aromatic rings. The number of hydrogen-bond acceptors (Lipinski definition) is 4. The van der Waals surface area contributed by atoms with Crippen LogP contribution in [0.4, 0.5) is 0 Å². The largest absolute Gasteiger partial charge is 0.476 e. The molecule has 0 amide bonds. The van der Waals surface area contributed by atoms with Gasteiger partial charge in [0.25, 0.3) is 0 Å². The van der Waals surface area contributed by atoms with Gasteiger partial charge in [0.05, 0.1) is 18.9 Å². The van der Waals surface area contributed by atoms with Crippen molar-refractivity contribution in [1.29, 1.82) is 0 Å². The van der Waals surface area contributed by atoms with Crippen molar-refractivity contribution in [3.63, 3.8) is 0 Å². The van der Waals surface area contributed by atoms with Crippen molar-refractivity contribution in [2.24, 2.45) is 7.05 Å². The van der Waals surface area contributed by atoms with E-state index >= 15 is 0 Å². The highest BCUT2D eigenvalue weighted by molar-refractivity contribution is 5.87. The lowest BCUT2D eigenvalue weighted by molar-refractivity contribution is 0.0677. The molecule has 3 rings (SSSR count). The number of ether oxygens (including phenoxy) is 1. The Morgan fingerprint density at radius 2 is 2.26 bits per heavy atom. The van der Waals surface area contributed by atoms with E-state index in [-0.39, 0.29) is 5.69 Å². The Hall–Kier alpha value is -2.15. The molecule has 1 aliphatic heterocycles. The lowest BCUT2D eigenvalue weighted by Crippen LogP contribution is -2.14. The van der Waals surface area contributed by atoms with Crippen LogP contribution in [0.15, 0.2) is 6.07 Å². The number of hydrogen-bond donors (Lipinski definition) is 1. The van der Waals surface area contributed by atoms with Gasteiger partial charge in [0, 0.05) is 30.8 Å². The Labute approximate surface area is 109 Å². The minimum Gasteiger partial charge on any atom is -0.476 e. The Balaban J connectivity index is 2.18. The predicted molar refractivity (Wildman–Crippen MR) is 65.4 cm³/mol. The molecule has 1 N–H and O–H groups in total. The zero-order valence-corrected chi connectivity index (χ0v) is 10.8. The quantitative estimate of drug-likeness (QED) is 0.860. The molecule has 2 aromatic heterocycles. The number of carboxylic acid groups (broad SMARTS) is 1. The van der Waals surface area contributed by atoms with Crippen molar-refractivity contribution >= 4 is 5.97 Å². The molecule has 0 unspecified atom stereocenters. The first-order valence-electron chi connectivity index (χ1n) is 6.00. The Morgan fingerprint density at radius 3 is 2.89 bits per heavy atom. The molecule has 3 heterocycles. The van der Waals surface area contributed by atoms with Crippen LogP contribution in [0.1, 0.15) is 27.4 Å². The van der Waals surface area contributed by atoms with Gasteiger partial charge in [-0.15, -0.1) is 0 Å². The molecule has 0 aromatic carbocycles. The van der Waals surface area contributed by atoms with Crippen LogP contribution in [-0.4, -0.2) is 37.2 Å². The van der Waals surface area contributed by atoms with E-state index in [9.17, 15) is 9.90 Å². The summed E-state index contributed by atoms with van der Waals surface area (Å²) in [7, 11) is 1.84. The SMILES string of the molecule is Cc1cc(-n2nc(C(=O)O)c3c2CCOC3)nn1C. The van der Waals surface area contributed by atoms with Crippen LogP contribution in [0.25, 0.3) is 5.82 Å². The zero-order chi connectivity index (χ0) is 13.6. The molecule has 0 bridgehead atoms. The molecule has 19 heavy (non-hydrogen) atoms. The fraction of sp³-hybridized carbons (Fsp3) is 0.417. The average molecular weight is 262 g/mol. The molecule has 0 fully saturated rings. The molecule has 0 aliphatic carbocycles. The van der Waals surface area contributed by atoms with Crippen LogP contribution in [0.3, 0.4) is 0 Å². The number of fused-ring (bicyclic) bond motifs is 1. The van der Waals surface area contributed by atoms with Gasteiger partial charge in [-0.05, 0) is 6.92 Å². The predicted octanol–water partition coefficient (Wildman–Crippen LogP) is 0.685. The highest BCUT2D eigenvalue weighted by Crippen LogP contribution is 2.23. The van der Waals surface area contributed by atoms with Gasteiger partial charge in [-0.3, -0.25) is 4.68 Å². The minimum atomic E-state index is -1.03. The average Bonchev–Trinajstić information content (AvgIpc) is 2.91. The third-order valence-corrected chi connectivity index (χ3v) is 3.34. The number of aromatic carboxylic acids is 1. The first kappa shape index (κ1) is 11.9. The van der Waals surface area contributed by atoms with Crippen LogP contribution in [0.2, 0.25) is 0 Å². The van der Waals surface area contributed by atoms with E-state index in [2.05, 4.69) is 10.2 Å². The summed E-state index contributed by atoms with van der Waals surface area (Å²) < 4.78 is 8.68. The van der Waals surface area contributed by atoms with E-state index in [1.165, 1.54) is 0 Å². The summed E-state index contributed by atoms with van der Waals surface area (Å²) in [6.45, 7) is 2.81. The summed E-state index contributed by atoms with van der Waals surface area (Å²) in [5.41, 5.74) is 2.57. The number of aromatic nitrogens is 4. The topological polar surface area (TPSA) is 82.2 Å². The molecular formula is C12H14N4O3. The zero-order valence-electron chi connectivity index (χ0n) is 10.8. The van der Waals surface area contributed by atoms with E-state index in [1.54, 1.807) is 9.36 Å². The lowest BCUT2D eigenvalue weighted by atomic mass is 10.1. The molecule has 0 radical (unpaired) electrons. The summed E-state index contributed by atoms with van der Waals surface area (Å²) in [6, 6.07) is 1.88. The molecule has 0 atom stereocenters. The van der Waals surface area contributed by atoms with Gasteiger partial charge < -0.3 is 9.84 Å². The van der Waals surface area contributed by atoms with E-state index in [1.807, 2.05) is 20.0 Å². The van der Waals surface area contributed by atoms with Crippen LogP contribution in [0, 0.1) is 6.92 Å². The van der Waals surface area contributed by atoms with Crippen LogP contribution >= 0.6 is 0 Å². The Kier molecular flexibility index (Phi) is 2.63.